The first kappa shape index (κ1) is 14.2. The molecule has 2 fully saturated rings. The smallest absolute Gasteiger partial charge is 0.279 e. The number of nitrogens with zero attached hydrogens (tertiary/aromatic N) is 1. The van der Waals surface area contributed by atoms with Crippen LogP contribution in [0.2, 0.25) is 0 Å². The van der Waals surface area contributed by atoms with Crippen molar-refractivity contribution in [3.8, 4) is 0 Å². The molecule has 0 saturated carbocycles. The second-order valence-corrected chi connectivity index (χ2v) is 7.27. The Balaban J connectivity index is 1.93. The maximum atomic E-state index is 12.3. The molecular weight excluding hydrogens is 252 g/mol. The zero-order valence-corrected chi connectivity index (χ0v) is 12.1. The van der Waals surface area contributed by atoms with Gasteiger partial charge in [0.2, 0.25) is 0 Å². The van der Waals surface area contributed by atoms with Gasteiger partial charge < -0.3 is 4.74 Å². The van der Waals surface area contributed by atoms with E-state index in [9.17, 15) is 8.42 Å². The quantitative estimate of drug-likeness (QED) is 0.837. The minimum Gasteiger partial charge on any atom is -0.377 e. The van der Waals surface area contributed by atoms with Crippen LogP contribution >= 0.6 is 0 Å². The van der Waals surface area contributed by atoms with E-state index in [1.165, 1.54) is 0 Å². The summed E-state index contributed by atoms with van der Waals surface area (Å²) < 4.78 is 34.4. The Labute approximate surface area is 110 Å². The molecule has 2 aliphatic rings. The Morgan fingerprint density at radius 2 is 2.11 bits per heavy atom. The highest BCUT2D eigenvalue weighted by molar-refractivity contribution is 7.87. The highest BCUT2D eigenvalue weighted by Gasteiger charge is 2.31. The first-order chi connectivity index (χ1) is 8.49. The predicted octanol–water partition coefficient (Wildman–Crippen LogP) is 1.12. The van der Waals surface area contributed by atoms with Crippen molar-refractivity contribution in [1.82, 2.24) is 9.03 Å². The third-order valence-corrected chi connectivity index (χ3v) is 5.50. The van der Waals surface area contributed by atoms with E-state index >= 15 is 0 Å². The first-order valence-corrected chi connectivity index (χ1v) is 8.32. The molecule has 2 heterocycles. The number of rotatable bonds is 4. The molecule has 0 spiro atoms. The lowest BCUT2D eigenvalue weighted by atomic mass is 10.0. The maximum absolute atomic E-state index is 12.3. The fourth-order valence-corrected chi connectivity index (χ4v) is 4.34. The number of hydrogen-bond donors (Lipinski definition) is 1. The van der Waals surface area contributed by atoms with Crippen molar-refractivity contribution < 1.29 is 13.2 Å². The van der Waals surface area contributed by atoms with Crippen LogP contribution in [0.15, 0.2) is 0 Å². The third-order valence-electron chi connectivity index (χ3n) is 3.82. The lowest BCUT2D eigenvalue weighted by Gasteiger charge is -2.31. The molecule has 0 amide bonds. The van der Waals surface area contributed by atoms with Gasteiger partial charge in [0.1, 0.15) is 0 Å². The van der Waals surface area contributed by atoms with Crippen LogP contribution in [-0.4, -0.2) is 44.6 Å². The average molecular weight is 276 g/mol. The van der Waals surface area contributed by atoms with E-state index in [1.54, 1.807) is 4.31 Å². The summed E-state index contributed by atoms with van der Waals surface area (Å²) in [5.41, 5.74) is 0. The third kappa shape index (κ3) is 3.44. The SMILES string of the molecule is C[C@@H]1CCCN(S(=O)(=O)N[C@H](C)[C@H]2CCCO2)C1. The fraction of sp³-hybridized carbons (Fsp3) is 1.00. The molecule has 0 aromatic rings. The van der Waals surface area contributed by atoms with Gasteiger partial charge in [0.15, 0.2) is 0 Å². The molecule has 0 aromatic heterocycles. The molecule has 0 aliphatic carbocycles. The molecule has 18 heavy (non-hydrogen) atoms. The molecule has 5 nitrogen and oxygen atoms in total. The summed E-state index contributed by atoms with van der Waals surface area (Å²) in [6.45, 7) is 6.01. The van der Waals surface area contributed by atoms with Gasteiger partial charge in [-0.3, -0.25) is 0 Å². The molecule has 0 bridgehead atoms. The number of piperidine rings is 1. The Morgan fingerprint density at radius 3 is 2.72 bits per heavy atom. The second-order valence-electron chi connectivity index (χ2n) is 5.57. The lowest BCUT2D eigenvalue weighted by molar-refractivity contribution is 0.0894. The van der Waals surface area contributed by atoms with E-state index in [-0.39, 0.29) is 12.1 Å². The van der Waals surface area contributed by atoms with Gasteiger partial charge in [0.25, 0.3) is 10.2 Å². The highest BCUT2D eigenvalue weighted by Crippen LogP contribution is 2.20. The van der Waals surface area contributed by atoms with E-state index in [1.807, 2.05) is 6.92 Å². The molecule has 106 valence electrons. The number of hydrogen-bond acceptors (Lipinski definition) is 3. The number of ether oxygens (including phenoxy) is 1. The largest absolute Gasteiger partial charge is 0.377 e. The molecule has 2 saturated heterocycles. The lowest BCUT2D eigenvalue weighted by Crippen LogP contribution is -2.50. The monoisotopic (exact) mass is 276 g/mol. The summed E-state index contributed by atoms with van der Waals surface area (Å²) >= 11 is 0. The Bertz CT molecular complexity index is 366. The summed E-state index contributed by atoms with van der Waals surface area (Å²) in [5.74, 6) is 0.452. The Kier molecular flexibility index (Phi) is 4.64. The van der Waals surface area contributed by atoms with Crippen LogP contribution < -0.4 is 4.72 Å². The van der Waals surface area contributed by atoms with Crippen LogP contribution in [0.5, 0.6) is 0 Å². The molecule has 0 unspecified atom stereocenters. The van der Waals surface area contributed by atoms with Crippen LogP contribution in [0, 0.1) is 5.92 Å². The molecule has 0 aromatic carbocycles. The van der Waals surface area contributed by atoms with Gasteiger partial charge in [-0.15, -0.1) is 0 Å². The van der Waals surface area contributed by atoms with E-state index in [0.29, 0.717) is 19.0 Å². The molecule has 3 atom stereocenters. The zero-order chi connectivity index (χ0) is 13.2. The fourth-order valence-electron chi connectivity index (χ4n) is 2.75. The summed E-state index contributed by atoms with van der Waals surface area (Å²) in [7, 11) is -3.35. The van der Waals surface area contributed by atoms with Crippen LogP contribution in [0.3, 0.4) is 0 Å². The van der Waals surface area contributed by atoms with Crippen LogP contribution in [0.25, 0.3) is 0 Å². The standard InChI is InChI=1S/C12H24N2O3S/c1-10-5-3-7-14(9-10)18(15,16)13-11(2)12-6-4-8-17-12/h10-13H,3-9H2,1-2H3/t10-,11-,12-/m1/s1. The summed E-state index contributed by atoms with van der Waals surface area (Å²) in [6.07, 6.45) is 4.07. The van der Waals surface area contributed by atoms with Gasteiger partial charge in [-0.25, -0.2) is 0 Å². The minimum atomic E-state index is -3.35. The molecule has 2 aliphatic heterocycles. The van der Waals surface area contributed by atoms with Crippen LogP contribution in [0.4, 0.5) is 0 Å². The first-order valence-electron chi connectivity index (χ1n) is 6.88. The van der Waals surface area contributed by atoms with E-state index in [4.69, 9.17) is 4.74 Å². The highest BCUT2D eigenvalue weighted by atomic mass is 32.2. The van der Waals surface area contributed by atoms with E-state index in [0.717, 1.165) is 32.3 Å². The Hall–Kier alpha value is -0.170. The van der Waals surface area contributed by atoms with Crippen molar-refractivity contribution in [2.75, 3.05) is 19.7 Å². The van der Waals surface area contributed by atoms with Crippen molar-refractivity contribution in [2.45, 2.75) is 51.7 Å². The normalized spacial score (nSPS) is 32.6. The Morgan fingerprint density at radius 1 is 1.33 bits per heavy atom. The van der Waals surface area contributed by atoms with Gasteiger partial charge in [-0.05, 0) is 38.5 Å². The van der Waals surface area contributed by atoms with Gasteiger partial charge >= 0.3 is 0 Å². The van der Waals surface area contributed by atoms with Crippen LogP contribution in [0.1, 0.15) is 39.5 Å². The average Bonchev–Trinajstić information content (AvgIpc) is 2.82. The molecule has 0 radical (unpaired) electrons. The number of nitrogens with one attached hydrogen (secondary N) is 1. The van der Waals surface area contributed by atoms with Gasteiger partial charge in [-0.1, -0.05) is 6.92 Å². The molecule has 1 N–H and O–H groups in total. The van der Waals surface area contributed by atoms with Gasteiger partial charge in [0.05, 0.1) is 6.10 Å². The van der Waals surface area contributed by atoms with Gasteiger partial charge in [-0.2, -0.15) is 17.4 Å². The minimum absolute atomic E-state index is 0.0296. The molecular formula is C12H24N2O3S. The van der Waals surface area contributed by atoms with Crippen molar-refractivity contribution >= 4 is 10.2 Å². The summed E-state index contributed by atoms with van der Waals surface area (Å²) in [4.78, 5) is 0. The molecule has 2 rings (SSSR count). The topological polar surface area (TPSA) is 58.6 Å². The molecule has 6 heteroatoms. The van der Waals surface area contributed by atoms with Crippen molar-refractivity contribution in [2.24, 2.45) is 5.92 Å². The second kappa shape index (κ2) is 5.86. The summed E-state index contributed by atoms with van der Waals surface area (Å²) in [6, 6.07) is -0.144. The van der Waals surface area contributed by atoms with Crippen molar-refractivity contribution in [1.29, 1.82) is 0 Å². The van der Waals surface area contributed by atoms with Crippen molar-refractivity contribution in [3.63, 3.8) is 0 Å². The zero-order valence-electron chi connectivity index (χ0n) is 11.3. The van der Waals surface area contributed by atoms with Crippen molar-refractivity contribution in [3.05, 3.63) is 0 Å². The van der Waals surface area contributed by atoms with E-state index in [2.05, 4.69) is 11.6 Å². The predicted molar refractivity (Wildman–Crippen MR) is 70.5 cm³/mol. The maximum Gasteiger partial charge on any atom is 0.279 e. The summed E-state index contributed by atoms with van der Waals surface area (Å²) in [5, 5.41) is 0. The van der Waals surface area contributed by atoms with Crippen LogP contribution in [-0.2, 0) is 14.9 Å². The van der Waals surface area contributed by atoms with Gasteiger partial charge in [0, 0.05) is 25.7 Å². The van der Waals surface area contributed by atoms with E-state index < -0.39 is 10.2 Å².